The summed E-state index contributed by atoms with van der Waals surface area (Å²) in [4.78, 5) is 7.78. The molecule has 0 aliphatic heterocycles. The van der Waals surface area contributed by atoms with E-state index in [1.54, 1.807) is 24.3 Å². The zero-order valence-electron chi connectivity index (χ0n) is 12.0. The molecule has 122 valence electrons. The number of alkyl halides is 3. The average molecular weight is 334 g/mol. The molecule has 0 aliphatic carbocycles. The second-order valence-corrected chi connectivity index (χ2v) is 5.04. The highest BCUT2D eigenvalue weighted by Crippen LogP contribution is 2.32. The van der Waals surface area contributed by atoms with Gasteiger partial charge in [-0.05, 0) is 18.2 Å². The lowest BCUT2D eigenvalue weighted by Crippen LogP contribution is -2.16. The first-order chi connectivity index (χ1) is 11.5. The van der Waals surface area contributed by atoms with Gasteiger partial charge in [-0.1, -0.05) is 17.3 Å². The number of fused-ring (bicyclic) bond motifs is 1. The van der Waals surface area contributed by atoms with Crippen LogP contribution in [0.25, 0.3) is 22.5 Å². The number of nitrogens with zero attached hydrogens (tertiary/aromatic N) is 4. The Morgan fingerprint density at radius 3 is 2.67 bits per heavy atom. The fourth-order valence-electron chi connectivity index (χ4n) is 2.41. The molecular weight excluding hydrogens is 325 g/mol. The van der Waals surface area contributed by atoms with Gasteiger partial charge in [-0.3, -0.25) is 0 Å². The minimum atomic E-state index is -4.59. The lowest BCUT2D eigenvalue weighted by Gasteiger charge is -2.09. The highest BCUT2D eigenvalue weighted by Gasteiger charge is 2.37. The van der Waals surface area contributed by atoms with Gasteiger partial charge in [0.05, 0.1) is 29.4 Å². The number of para-hydroxylation sites is 2. The minimum Gasteiger partial charge on any atom is -0.472 e. The summed E-state index contributed by atoms with van der Waals surface area (Å²) in [6.07, 6.45) is -1.74. The zero-order valence-corrected chi connectivity index (χ0v) is 12.0. The van der Waals surface area contributed by atoms with Crippen LogP contribution in [0.1, 0.15) is 11.6 Å². The van der Waals surface area contributed by atoms with Crippen molar-refractivity contribution in [3.63, 3.8) is 0 Å². The maximum atomic E-state index is 13.3. The van der Waals surface area contributed by atoms with Crippen LogP contribution in [0.4, 0.5) is 13.2 Å². The number of hydrogen-bond acceptors (Lipinski definition) is 5. The quantitative estimate of drug-likeness (QED) is 0.571. The monoisotopic (exact) mass is 334 g/mol. The standard InChI is InChI=1S/C15H9F3N4O2/c16-15(17,18)14-19-10-3-1-2-4-11(10)22(14)7-12-20-13(24-21-12)9-5-6-23-8-9/h1-6,8H,7H2. The molecule has 4 rings (SSSR count). The summed E-state index contributed by atoms with van der Waals surface area (Å²) in [6, 6.07) is 7.98. The normalized spacial score (nSPS) is 12.1. The SMILES string of the molecule is FC(F)(F)c1nc2ccccc2n1Cc1noc(-c2ccoc2)n1. The Balaban J connectivity index is 1.77. The van der Waals surface area contributed by atoms with Crippen molar-refractivity contribution in [3.8, 4) is 11.5 Å². The summed E-state index contributed by atoms with van der Waals surface area (Å²) in [6.45, 7) is -0.212. The smallest absolute Gasteiger partial charge is 0.449 e. The highest BCUT2D eigenvalue weighted by molar-refractivity contribution is 5.76. The number of aromatic nitrogens is 4. The van der Waals surface area contributed by atoms with Crippen molar-refractivity contribution in [2.45, 2.75) is 12.7 Å². The maximum Gasteiger partial charge on any atom is 0.449 e. The van der Waals surface area contributed by atoms with E-state index in [1.165, 1.54) is 18.6 Å². The minimum absolute atomic E-state index is 0.111. The second-order valence-electron chi connectivity index (χ2n) is 5.04. The predicted octanol–water partition coefficient (Wildman–Crippen LogP) is 3.75. The number of halogens is 3. The van der Waals surface area contributed by atoms with Crippen molar-refractivity contribution in [2.75, 3.05) is 0 Å². The van der Waals surface area contributed by atoms with E-state index in [4.69, 9.17) is 8.94 Å². The van der Waals surface area contributed by atoms with Crippen molar-refractivity contribution in [1.29, 1.82) is 0 Å². The molecule has 0 aliphatic rings. The fourth-order valence-corrected chi connectivity index (χ4v) is 2.41. The largest absolute Gasteiger partial charge is 0.472 e. The molecule has 6 nitrogen and oxygen atoms in total. The van der Waals surface area contributed by atoms with Crippen LogP contribution in [0.5, 0.6) is 0 Å². The van der Waals surface area contributed by atoms with Crippen molar-refractivity contribution >= 4 is 11.0 Å². The Morgan fingerprint density at radius 1 is 1.08 bits per heavy atom. The van der Waals surface area contributed by atoms with E-state index in [2.05, 4.69) is 15.1 Å². The van der Waals surface area contributed by atoms with Gasteiger partial charge >= 0.3 is 6.18 Å². The van der Waals surface area contributed by atoms with Gasteiger partial charge in [-0.25, -0.2) is 4.98 Å². The fraction of sp³-hybridized carbons (Fsp3) is 0.133. The summed E-state index contributed by atoms with van der Waals surface area (Å²) in [5.74, 6) is -0.713. The van der Waals surface area contributed by atoms with Crippen LogP contribution in [0.15, 0.2) is 51.8 Å². The van der Waals surface area contributed by atoms with E-state index in [1.807, 2.05) is 0 Å². The van der Waals surface area contributed by atoms with Gasteiger partial charge in [0, 0.05) is 0 Å². The molecule has 0 N–H and O–H groups in total. The van der Waals surface area contributed by atoms with Crippen LogP contribution in [0, 0.1) is 0 Å². The molecule has 4 aromatic rings. The third kappa shape index (κ3) is 2.43. The first kappa shape index (κ1) is 14.5. The van der Waals surface area contributed by atoms with Crippen LogP contribution in [0.2, 0.25) is 0 Å². The molecule has 0 radical (unpaired) electrons. The molecule has 0 unspecified atom stereocenters. The lowest BCUT2D eigenvalue weighted by molar-refractivity contribution is -0.146. The van der Waals surface area contributed by atoms with Gasteiger partial charge in [0.15, 0.2) is 5.82 Å². The molecule has 0 fully saturated rings. The third-order valence-corrected chi connectivity index (χ3v) is 3.44. The highest BCUT2D eigenvalue weighted by atomic mass is 19.4. The molecule has 0 bridgehead atoms. The summed E-state index contributed by atoms with van der Waals surface area (Å²) < 4.78 is 50.8. The van der Waals surface area contributed by atoms with E-state index in [-0.39, 0.29) is 23.8 Å². The molecular formula is C15H9F3N4O2. The Morgan fingerprint density at radius 2 is 1.92 bits per heavy atom. The Bertz CT molecular complexity index is 986. The summed E-state index contributed by atoms with van der Waals surface area (Å²) >= 11 is 0. The Hall–Kier alpha value is -3.10. The van der Waals surface area contributed by atoms with E-state index < -0.39 is 12.0 Å². The molecule has 0 spiro atoms. The number of benzene rings is 1. The van der Waals surface area contributed by atoms with E-state index in [0.717, 1.165) is 4.57 Å². The van der Waals surface area contributed by atoms with Crippen LogP contribution in [-0.4, -0.2) is 19.7 Å². The predicted molar refractivity (Wildman–Crippen MR) is 75.8 cm³/mol. The number of hydrogen-bond donors (Lipinski definition) is 0. The zero-order chi connectivity index (χ0) is 16.7. The molecule has 9 heteroatoms. The maximum absolute atomic E-state index is 13.3. The van der Waals surface area contributed by atoms with Crippen LogP contribution >= 0.6 is 0 Å². The lowest BCUT2D eigenvalue weighted by atomic mass is 10.3. The summed E-state index contributed by atoms with van der Waals surface area (Å²) in [5.41, 5.74) is 1.16. The molecule has 3 aromatic heterocycles. The molecule has 24 heavy (non-hydrogen) atoms. The number of imidazole rings is 1. The topological polar surface area (TPSA) is 69.9 Å². The summed E-state index contributed by atoms with van der Waals surface area (Å²) in [5, 5.41) is 3.73. The molecule has 3 heterocycles. The number of furan rings is 1. The first-order valence-electron chi connectivity index (χ1n) is 6.90. The first-order valence-corrected chi connectivity index (χ1v) is 6.90. The van der Waals surface area contributed by atoms with Gasteiger partial charge in [0.25, 0.3) is 5.89 Å². The van der Waals surface area contributed by atoms with E-state index in [0.29, 0.717) is 11.1 Å². The van der Waals surface area contributed by atoms with Crippen LogP contribution < -0.4 is 0 Å². The summed E-state index contributed by atoms with van der Waals surface area (Å²) in [7, 11) is 0. The molecule has 0 saturated heterocycles. The molecule has 0 atom stereocenters. The van der Waals surface area contributed by atoms with Gasteiger partial charge < -0.3 is 13.5 Å². The third-order valence-electron chi connectivity index (χ3n) is 3.44. The molecule has 0 amide bonds. The van der Waals surface area contributed by atoms with Crippen molar-refractivity contribution in [1.82, 2.24) is 19.7 Å². The Kier molecular flexibility index (Phi) is 3.15. The van der Waals surface area contributed by atoms with Crippen molar-refractivity contribution in [2.24, 2.45) is 0 Å². The van der Waals surface area contributed by atoms with Gasteiger partial charge in [-0.15, -0.1) is 0 Å². The molecule has 0 saturated carbocycles. The van der Waals surface area contributed by atoms with Gasteiger partial charge in [-0.2, -0.15) is 18.2 Å². The van der Waals surface area contributed by atoms with Gasteiger partial charge in [0.2, 0.25) is 5.82 Å². The average Bonchev–Trinajstić information content (AvgIpc) is 3.26. The van der Waals surface area contributed by atoms with Crippen LogP contribution in [-0.2, 0) is 12.7 Å². The van der Waals surface area contributed by atoms with Crippen LogP contribution in [0.3, 0.4) is 0 Å². The van der Waals surface area contributed by atoms with E-state index in [9.17, 15) is 13.2 Å². The van der Waals surface area contributed by atoms with Crippen molar-refractivity contribution < 1.29 is 22.1 Å². The Labute approximate surface area is 132 Å². The number of rotatable bonds is 3. The van der Waals surface area contributed by atoms with E-state index >= 15 is 0 Å². The van der Waals surface area contributed by atoms with Crippen molar-refractivity contribution in [3.05, 3.63) is 54.5 Å². The molecule has 1 aromatic carbocycles. The second kappa shape index (κ2) is 5.22. The van der Waals surface area contributed by atoms with Gasteiger partial charge in [0.1, 0.15) is 6.26 Å².